The van der Waals surface area contributed by atoms with E-state index >= 15 is 0 Å². The summed E-state index contributed by atoms with van der Waals surface area (Å²) in [5, 5.41) is 7.45. The van der Waals surface area contributed by atoms with Gasteiger partial charge in [-0.15, -0.1) is 0 Å². The minimum absolute atomic E-state index is 0.0644. The summed E-state index contributed by atoms with van der Waals surface area (Å²) in [7, 11) is 0. The predicted octanol–water partition coefficient (Wildman–Crippen LogP) is 4.40. The predicted molar refractivity (Wildman–Crippen MR) is 110 cm³/mol. The smallest absolute Gasteiger partial charge is 0.248 e. The van der Waals surface area contributed by atoms with Crippen molar-refractivity contribution >= 4 is 29.0 Å². The highest BCUT2D eigenvalue weighted by Crippen LogP contribution is 2.37. The number of alkyl halides is 2. The van der Waals surface area contributed by atoms with Crippen molar-refractivity contribution in [2.45, 2.75) is 56.5 Å². The van der Waals surface area contributed by atoms with Gasteiger partial charge in [0.15, 0.2) is 6.29 Å². The van der Waals surface area contributed by atoms with Crippen molar-refractivity contribution in [3.8, 4) is 11.3 Å². The first-order valence-corrected chi connectivity index (χ1v) is 10.2. The van der Waals surface area contributed by atoms with E-state index in [2.05, 4.69) is 30.6 Å². The Morgan fingerprint density at radius 3 is 2.57 bits per heavy atom. The van der Waals surface area contributed by atoms with E-state index in [-0.39, 0.29) is 18.9 Å². The topological polar surface area (TPSA) is 95.6 Å². The Morgan fingerprint density at radius 1 is 1.07 bits per heavy atom. The molecular weight excluding hydrogens is 390 g/mol. The summed E-state index contributed by atoms with van der Waals surface area (Å²) < 4.78 is 26.9. The first-order chi connectivity index (χ1) is 14.5. The molecule has 2 fully saturated rings. The Bertz CT molecular complexity index is 1080. The number of hydrogen-bond acceptors (Lipinski definition) is 6. The van der Waals surface area contributed by atoms with Crippen LogP contribution in [-0.4, -0.2) is 44.2 Å². The first-order valence-electron chi connectivity index (χ1n) is 10.2. The lowest BCUT2D eigenvalue weighted by Gasteiger charge is -2.29. The Labute approximate surface area is 171 Å². The maximum Gasteiger partial charge on any atom is 0.248 e. The highest BCUT2D eigenvalue weighted by atomic mass is 19.3. The number of anilines is 2. The number of fused-ring (bicyclic) bond motifs is 1. The van der Waals surface area contributed by atoms with Crippen molar-refractivity contribution in [3.05, 3.63) is 30.2 Å². The number of H-pyrrole nitrogens is 1. The Hall–Kier alpha value is -3.10. The lowest BCUT2D eigenvalue weighted by atomic mass is 9.92. The maximum absolute atomic E-state index is 13.4. The van der Waals surface area contributed by atoms with Crippen molar-refractivity contribution in [3.63, 3.8) is 0 Å². The second-order valence-electron chi connectivity index (χ2n) is 8.09. The van der Waals surface area contributed by atoms with Crippen LogP contribution in [0.15, 0.2) is 24.7 Å². The van der Waals surface area contributed by atoms with Gasteiger partial charge in [0.25, 0.3) is 0 Å². The van der Waals surface area contributed by atoms with E-state index in [1.165, 1.54) is 6.33 Å². The van der Waals surface area contributed by atoms with E-state index in [0.717, 1.165) is 30.1 Å². The minimum atomic E-state index is -2.58. The molecule has 30 heavy (non-hydrogen) atoms. The molecule has 9 heteroatoms. The van der Waals surface area contributed by atoms with Crippen molar-refractivity contribution in [1.29, 1.82) is 0 Å². The number of aromatic amines is 1. The second kappa shape index (κ2) is 7.30. The zero-order chi connectivity index (χ0) is 20.7. The fourth-order valence-electron chi connectivity index (χ4n) is 3.93. The van der Waals surface area contributed by atoms with Crippen molar-refractivity contribution in [2.24, 2.45) is 0 Å². The zero-order valence-electron chi connectivity index (χ0n) is 16.3. The maximum atomic E-state index is 13.4. The summed E-state index contributed by atoms with van der Waals surface area (Å²) in [5.41, 5.74) is 2.35. The van der Waals surface area contributed by atoms with Crippen molar-refractivity contribution < 1.29 is 13.6 Å². The largest absolute Gasteiger partial charge is 0.367 e. The number of pyridine rings is 1. The first kappa shape index (κ1) is 18.9. The third-order valence-electron chi connectivity index (χ3n) is 5.77. The number of aromatic nitrogens is 4. The van der Waals surface area contributed by atoms with Crippen LogP contribution < -0.4 is 10.6 Å². The molecule has 2 aliphatic carbocycles. The van der Waals surface area contributed by atoms with Gasteiger partial charge in [-0.1, -0.05) is 0 Å². The fourth-order valence-corrected chi connectivity index (χ4v) is 3.93. The SMILES string of the molecule is O=Cc1ccc(NC2CCC(F)(F)CC2)nc1-c1c[nH]c2ncnc(NC3CC3)c12. The van der Waals surface area contributed by atoms with Gasteiger partial charge in [-0.05, 0) is 37.8 Å². The molecule has 2 saturated carbocycles. The van der Waals surface area contributed by atoms with Crippen LogP contribution in [0.1, 0.15) is 48.9 Å². The average molecular weight is 412 g/mol. The number of carbonyl (C=O) groups excluding carboxylic acids is 1. The van der Waals surface area contributed by atoms with Crippen LogP contribution in [0.3, 0.4) is 0 Å². The Kier molecular flexibility index (Phi) is 4.60. The summed E-state index contributed by atoms with van der Waals surface area (Å²) in [6, 6.07) is 3.76. The highest BCUT2D eigenvalue weighted by Gasteiger charge is 2.35. The van der Waals surface area contributed by atoms with E-state index < -0.39 is 5.92 Å². The van der Waals surface area contributed by atoms with Crippen LogP contribution in [0.25, 0.3) is 22.3 Å². The molecule has 3 aromatic rings. The van der Waals surface area contributed by atoms with Gasteiger partial charge in [-0.25, -0.2) is 23.7 Å². The number of hydrogen-bond donors (Lipinski definition) is 3. The summed E-state index contributed by atoms with van der Waals surface area (Å²) in [5.74, 6) is -1.30. The van der Waals surface area contributed by atoms with Gasteiger partial charge in [0.2, 0.25) is 5.92 Å². The zero-order valence-corrected chi connectivity index (χ0v) is 16.3. The molecule has 0 saturated heterocycles. The molecule has 0 aromatic carbocycles. The molecule has 0 unspecified atom stereocenters. The summed E-state index contributed by atoms with van der Waals surface area (Å²) in [6.07, 6.45) is 6.76. The van der Waals surface area contributed by atoms with E-state index in [0.29, 0.717) is 47.4 Å². The van der Waals surface area contributed by atoms with Crippen molar-refractivity contribution in [1.82, 2.24) is 19.9 Å². The normalized spacial score (nSPS) is 19.0. The monoisotopic (exact) mass is 412 g/mol. The fraction of sp³-hybridized carbons (Fsp3) is 0.429. The van der Waals surface area contributed by atoms with Crippen LogP contribution in [0.4, 0.5) is 20.4 Å². The molecule has 0 bridgehead atoms. The van der Waals surface area contributed by atoms with Crippen LogP contribution >= 0.6 is 0 Å². The van der Waals surface area contributed by atoms with Gasteiger partial charge >= 0.3 is 0 Å². The molecule has 3 N–H and O–H groups in total. The van der Waals surface area contributed by atoms with Gasteiger partial charge in [0, 0.05) is 42.2 Å². The Morgan fingerprint density at radius 2 is 1.83 bits per heavy atom. The highest BCUT2D eigenvalue weighted by molar-refractivity contribution is 6.03. The van der Waals surface area contributed by atoms with Gasteiger partial charge in [0.05, 0.1) is 11.1 Å². The molecule has 156 valence electrons. The molecule has 0 aliphatic heterocycles. The minimum Gasteiger partial charge on any atom is -0.367 e. The number of carbonyl (C=O) groups is 1. The standard InChI is InChI=1S/C21H22F2N6O/c22-21(23)7-5-14(6-8-21)27-16-4-1-12(10-30)18(29-16)15-9-24-19-17(15)20(26-11-25-19)28-13-2-3-13/h1,4,9-11,13-14H,2-3,5-8H2,(H,27,29)(H2,24,25,26,28). The molecule has 3 heterocycles. The number of nitrogens with zero attached hydrogens (tertiary/aromatic N) is 3. The van der Waals surface area contributed by atoms with Gasteiger partial charge < -0.3 is 15.6 Å². The summed E-state index contributed by atoms with van der Waals surface area (Å²) in [6.45, 7) is 0. The number of nitrogens with one attached hydrogen (secondary N) is 3. The number of halogens is 2. The number of aldehydes is 1. The molecule has 7 nitrogen and oxygen atoms in total. The third kappa shape index (κ3) is 3.71. The summed E-state index contributed by atoms with van der Waals surface area (Å²) >= 11 is 0. The van der Waals surface area contributed by atoms with Gasteiger partial charge in [-0.3, -0.25) is 4.79 Å². The lowest BCUT2D eigenvalue weighted by molar-refractivity contribution is -0.0361. The van der Waals surface area contributed by atoms with E-state index in [1.54, 1.807) is 18.3 Å². The molecule has 5 rings (SSSR count). The molecular formula is C21H22F2N6O. The third-order valence-corrected chi connectivity index (χ3v) is 5.77. The Balaban J connectivity index is 1.49. The van der Waals surface area contributed by atoms with E-state index in [9.17, 15) is 13.6 Å². The van der Waals surface area contributed by atoms with E-state index in [4.69, 9.17) is 0 Å². The molecule has 3 aromatic heterocycles. The van der Waals surface area contributed by atoms with Crippen LogP contribution in [0.2, 0.25) is 0 Å². The van der Waals surface area contributed by atoms with Gasteiger partial charge in [-0.2, -0.15) is 0 Å². The summed E-state index contributed by atoms with van der Waals surface area (Å²) in [4.78, 5) is 28.2. The molecule has 2 aliphatic rings. The molecule has 0 spiro atoms. The number of rotatable bonds is 6. The van der Waals surface area contributed by atoms with Gasteiger partial charge in [0.1, 0.15) is 23.6 Å². The van der Waals surface area contributed by atoms with Crippen LogP contribution in [-0.2, 0) is 0 Å². The van der Waals surface area contributed by atoms with Crippen LogP contribution in [0.5, 0.6) is 0 Å². The van der Waals surface area contributed by atoms with E-state index in [1.807, 2.05) is 0 Å². The average Bonchev–Trinajstić information content (AvgIpc) is 3.45. The second-order valence-corrected chi connectivity index (χ2v) is 8.09. The molecule has 0 atom stereocenters. The lowest BCUT2D eigenvalue weighted by Crippen LogP contribution is -2.32. The quantitative estimate of drug-likeness (QED) is 0.520. The molecule has 0 radical (unpaired) electrons. The van der Waals surface area contributed by atoms with Crippen LogP contribution in [0, 0.1) is 0 Å². The molecule has 0 amide bonds. The van der Waals surface area contributed by atoms with Crippen molar-refractivity contribution in [2.75, 3.05) is 10.6 Å².